The molecule has 0 radical (unpaired) electrons. The molecule has 3 heterocycles. The van der Waals surface area contributed by atoms with Gasteiger partial charge in [-0.05, 0) is 205 Å². The normalized spacial score (nSPS) is 15.2. The highest BCUT2D eigenvalue weighted by molar-refractivity contribution is 5.82. The Bertz CT molecular complexity index is 3890. The second-order valence-electron chi connectivity index (χ2n) is 34.1. The third kappa shape index (κ3) is 44.0. The first-order valence-electron chi connectivity index (χ1n) is 46.1. The number of hydrogen-bond acceptors (Lipinski definition) is 20. The maximum atomic E-state index is 11.4. The summed E-state index contributed by atoms with van der Waals surface area (Å²) in [6.45, 7) is 42.4. The summed E-state index contributed by atoms with van der Waals surface area (Å²) < 4.78 is 30.9. The number of amides is 10. The lowest BCUT2D eigenvalue weighted by atomic mass is 9.98. The van der Waals surface area contributed by atoms with Gasteiger partial charge in [-0.25, -0.2) is 38.4 Å². The number of rotatable bonds is 23. The first-order valence-corrected chi connectivity index (χ1v) is 46.1. The number of benzene rings is 6. The van der Waals surface area contributed by atoms with Crippen molar-refractivity contribution in [2.75, 3.05) is 106 Å². The summed E-state index contributed by atoms with van der Waals surface area (Å²) in [5.41, 5.74) is 34.5. The van der Waals surface area contributed by atoms with Gasteiger partial charge in [0.15, 0.2) is 0 Å². The minimum absolute atomic E-state index is 0.00696. The van der Waals surface area contributed by atoms with Gasteiger partial charge in [0.1, 0.15) is 43.2 Å². The van der Waals surface area contributed by atoms with Crippen molar-refractivity contribution in [3.05, 3.63) is 179 Å². The van der Waals surface area contributed by atoms with Crippen LogP contribution in [0.25, 0.3) is 33.4 Å². The Labute approximate surface area is 774 Å². The molecule has 6 aromatic rings. The molecule has 6 aliphatic rings. The average Bonchev–Trinajstić information content (AvgIpc) is 1.63. The van der Waals surface area contributed by atoms with Crippen LogP contribution in [0.3, 0.4) is 0 Å². The topological polar surface area (TPSA) is 454 Å². The fourth-order valence-corrected chi connectivity index (χ4v) is 13.7. The number of aliphatic hydroxyl groups is 1. The van der Waals surface area contributed by atoms with Crippen molar-refractivity contribution in [1.29, 1.82) is 0 Å². The molecule has 5 atom stereocenters. The maximum absolute atomic E-state index is 11.4. The lowest BCUT2D eigenvalue weighted by Gasteiger charge is -2.21. The van der Waals surface area contributed by atoms with E-state index in [9.17, 15) is 43.2 Å². The smallest absolute Gasteiger partial charge is 0.407 e. The van der Waals surface area contributed by atoms with Gasteiger partial charge in [0.05, 0.1) is 0 Å². The van der Waals surface area contributed by atoms with Gasteiger partial charge >= 0.3 is 54.4 Å². The Morgan fingerprint density at radius 2 is 0.762 bits per heavy atom. The van der Waals surface area contributed by atoms with E-state index in [0.717, 1.165) is 84.1 Å². The zero-order valence-corrected chi connectivity index (χ0v) is 81.2. The Hall–Kier alpha value is -11.1. The van der Waals surface area contributed by atoms with Crippen LogP contribution >= 0.6 is 0 Å². The molecule has 30 nitrogen and oxygen atoms in total. The van der Waals surface area contributed by atoms with Crippen molar-refractivity contribution >= 4 is 54.4 Å². The van der Waals surface area contributed by atoms with Crippen molar-refractivity contribution in [1.82, 2.24) is 53.2 Å². The van der Waals surface area contributed by atoms with E-state index in [1.165, 1.54) is 73.8 Å². The number of aliphatic hydroxyl groups excluding tert-OH is 1. The number of urea groups is 3. The van der Waals surface area contributed by atoms with Gasteiger partial charge in [-0.2, -0.15) is 0 Å². The molecule has 6 aromatic carbocycles. The number of alkyl carbamates (subject to hydrolysis) is 4. The van der Waals surface area contributed by atoms with Gasteiger partial charge in [0, 0.05) is 95.7 Å². The second kappa shape index (κ2) is 63.1. The summed E-state index contributed by atoms with van der Waals surface area (Å²) >= 11 is 0. The van der Waals surface area contributed by atoms with Crippen molar-refractivity contribution in [2.24, 2.45) is 46.6 Å². The van der Waals surface area contributed by atoms with Gasteiger partial charge in [-0.3, -0.25) is 4.79 Å². The predicted molar refractivity (Wildman–Crippen MR) is 519 cm³/mol. The average molecular weight is 1810 g/mol. The number of nitrogens with one attached hydrogen (secondary N) is 10. The van der Waals surface area contributed by atoms with Crippen LogP contribution in [0.15, 0.2) is 146 Å². The molecule has 19 N–H and O–H groups in total. The van der Waals surface area contributed by atoms with E-state index in [1.54, 1.807) is 7.05 Å². The highest BCUT2D eigenvalue weighted by Crippen LogP contribution is 2.47. The Morgan fingerprint density at radius 1 is 0.431 bits per heavy atom. The van der Waals surface area contributed by atoms with E-state index in [2.05, 4.69) is 172 Å². The van der Waals surface area contributed by atoms with Gasteiger partial charge in [-0.1, -0.05) is 227 Å². The number of ether oxygens (including phenoxy) is 6. The van der Waals surface area contributed by atoms with Crippen molar-refractivity contribution in [3.8, 4) is 33.4 Å². The third-order valence-electron chi connectivity index (χ3n) is 21.1. The molecule has 0 saturated carbocycles. The molecule has 5 unspecified atom stereocenters. The largest absolute Gasteiger partial charge is 0.465 e. The summed E-state index contributed by atoms with van der Waals surface area (Å²) in [6.07, 6.45) is 7.08. The SMILES string of the molecule is CC.CCC(=O)OCC1c2ccccc2-c2ccccc21.CCC(CCN)CNC(=O)OC(C)(C)C.CCC(CN)CNC(=O)OC(C)(C)C.CCC(N)CNC(=O)OC(C)(C)C.CCC1CCNC(=O)NC1.CCC1CNC(=O)N1.CCC1CNC(=O)NC1.CN.CNC(=O)OCC1c2ccccc2-c2ccccc21.O=C(CO)OCC1c2ccccc2-c2ccccc21. The third-order valence-corrected chi connectivity index (χ3v) is 21.1. The molecule has 3 fully saturated rings. The Kier molecular flexibility index (Phi) is 55.8. The molecular weight excluding hydrogens is 1650 g/mol. The fourth-order valence-electron chi connectivity index (χ4n) is 13.7. The number of carbonyl (C=O) groups excluding carboxylic acids is 9. The van der Waals surface area contributed by atoms with E-state index < -0.39 is 35.5 Å². The first kappa shape index (κ1) is 115. The zero-order chi connectivity index (χ0) is 97.4. The predicted octanol–water partition coefficient (Wildman–Crippen LogP) is 15.6. The van der Waals surface area contributed by atoms with Gasteiger partial charge in [-0.15, -0.1) is 0 Å². The molecule has 724 valence electrons. The molecule has 130 heavy (non-hydrogen) atoms. The Morgan fingerprint density at radius 3 is 1.05 bits per heavy atom. The molecule has 12 rings (SSSR count). The highest BCUT2D eigenvalue weighted by atomic mass is 16.6. The second-order valence-corrected chi connectivity index (χ2v) is 34.1. The summed E-state index contributed by atoms with van der Waals surface area (Å²) in [5.74, 6) is 1.71. The molecule has 3 aliphatic carbocycles. The number of fused-ring (bicyclic) bond motifs is 9. The van der Waals surface area contributed by atoms with Crippen LogP contribution in [0.1, 0.15) is 234 Å². The molecule has 3 saturated heterocycles. The van der Waals surface area contributed by atoms with Crippen LogP contribution < -0.4 is 76.1 Å². The molecule has 0 aromatic heterocycles. The quantitative estimate of drug-likeness (QED) is 0.0209. The van der Waals surface area contributed by atoms with Crippen molar-refractivity contribution in [2.45, 2.75) is 229 Å². The molecule has 10 amide bonds. The number of hydrogen-bond donors (Lipinski definition) is 15. The summed E-state index contributed by atoms with van der Waals surface area (Å²) in [7, 11) is 3.07. The molecular formula is C100H158N14O16. The Balaban J connectivity index is 0.000000499. The van der Waals surface area contributed by atoms with Gasteiger partial charge in [0.25, 0.3) is 0 Å². The molecule has 0 bridgehead atoms. The highest BCUT2D eigenvalue weighted by Gasteiger charge is 2.33. The lowest BCUT2D eigenvalue weighted by molar-refractivity contribution is -0.147. The molecule has 3 aliphatic heterocycles. The van der Waals surface area contributed by atoms with Gasteiger partial charge < -0.3 is 110 Å². The van der Waals surface area contributed by atoms with Crippen LogP contribution in [0.2, 0.25) is 0 Å². The summed E-state index contributed by atoms with van der Waals surface area (Å²) in [6, 6.07) is 49.9. The molecule has 30 heteroatoms. The number of carbonyl (C=O) groups is 9. The van der Waals surface area contributed by atoms with E-state index in [0.29, 0.717) is 82.1 Å². The van der Waals surface area contributed by atoms with Crippen LogP contribution in [0.4, 0.5) is 33.6 Å². The van der Waals surface area contributed by atoms with E-state index in [-0.39, 0.29) is 72.7 Å². The number of nitrogens with two attached hydrogens (primary N) is 4. The van der Waals surface area contributed by atoms with Crippen LogP contribution in [-0.2, 0) is 38.0 Å². The number of esters is 2. The summed E-state index contributed by atoms with van der Waals surface area (Å²) in [4.78, 5) is 99.0. The van der Waals surface area contributed by atoms with Crippen LogP contribution in [-0.4, -0.2) is 194 Å². The van der Waals surface area contributed by atoms with E-state index >= 15 is 0 Å². The molecule has 0 spiro atoms. The minimum atomic E-state index is -0.582. The first-order chi connectivity index (χ1) is 62.0. The van der Waals surface area contributed by atoms with Crippen LogP contribution in [0, 0.1) is 23.7 Å². The van der Waals surface area contributed by atoms with Crippen molar-refractivity contribution in [3.63, 3.8) is 0 Å². The summed E-state index contributed by atoms with van der Waals surface area (Å²) in [5, 5.41) is 35.7. The van der Waals surface area contributed by atoms with E-state index in [1.807, 2.05) is 158 Å². The zero-order valence-electron chi connectivity index (χ0n) is 81.2. The van der Waals surface area contributed by atoms with E-state index in [4.69, 9.17) is 50.7 Å². The maximum Gasteiger partial charge on any atom is 0.407 e. The minimum Gasteiger partial charge on any atom is -0.465 e. The fraction of sp³-hybridized carbons (Fsp3) is 0.550. The van der Waals surface area contributed by atoms with Gasteiger partial charge in [0.2, 0.25) is 0 Å². The van der Waals surface area contributed by atoms with Crippen molar-refractivity contribution < 1.29 is 76.7 Å². The monoisotopic (exact) mass is 1810 g/mol. The standard InChI is InChI=1S/C17H16O2.C16H15NO2.C16H14O3.C11H24N2O2.C10H22N2O2.C9H20N2O2.C7H14N2O.C6H12N2O.C5H10N2O.C2H6.CH5N/c1-2-17(18)19-11-16-14-9-5-3-7-12(14)13-8-4-6-10-15(13)16;1-17-16(18)19-10-15-13-8-4-2-6-11(13)12-7-3-5-9-14(12)15;17-9-16(18)19-10-15-13-7-3-1-5-11(13)12-6-2-4-8-14(12)15;1-5-9(6-7-12)8-13-10(14)15-11(2,3)4;1-5-8(6-11)7-12-9(13)14-10(2,3)4;1-5-7(10)6-11-8(12)13-9(2,3)4;1-2-6-3-4-8-7(10)9-5-6;1-2-5-3-7-6(9)8-4-5;1-2-4-3-6-5(8)7-4;2*1-2/h3-10,16H,2,11H2,1H3;2-9,15H,10H2,1H3,(H,17,18);1-8,15,17H,9-10H2;9H,5-8,12H2,1-4H3,(H,13,14);8H,5-7,11H2,1-4H3,(H,12,13);7H,5-6,10H2,1-4H3,(H,11,12);6H,2-5H2,1H3,(H2,8,9,10);5H,2-4H2,1H3,(H2,7,8,9);4H,2-3H2,1H3,(H2,6,7,8);1-2H3;2H2,1H3. The van der Waals surface area contributed by atoms with Crippen LogP contribution in [0.5, 0.6) is 0 Å². The lowest BCUT2D eigenvalue weighted by Crippen LogP contribution is -2.47.